The zero-order valence-corrected chi connectivity index (χ0v) is 14.8. The van der Waals surface area contributed by atoms with Crippen LogP contribution in [-0.2, 0) is 16.0 Å². The second-order valence-electron chi connectivity index (χ2n) is 6.26. The molecule has 6 nitrogen and oxygen atoms in total. The summed E-state index contributed by atoms with van der Waals surface area (Å²) in [7, 11) is 0. The molecule has 136 valence electrons. The highest BCUT2D eigenvalue weighted by Gasteiger charge is 2.26. The number of Topliss-reactive ketones (excluding diaryl/α,β-unsaturated/α-hetero) is 1. The van der Waals surface area contributed by atoms with E-state index in [1.165, 1.54) is 19.3 Å². The number of carbonyl (C=O) groups is 3. The summed E-state index contributed by atoms with van der Waals surface area (Å²) >= 11 is 0. The van der Waals surface area contributed by atoms with Crippen molar-refractivity contribution in [3.05, 3.63) is 65.5 Å². The topological polar surface area (TPSA) is 96.4 Å². The highest BCUT2D eigenvalue weighted by molar-refractivity contribution is 5.98. The van der Waals surface area contributed by atoms with Crippen molar-refractivity contribution in [2.24, 2.45) is 5.92 Å². The molecule has 0 saturated carbocycles. The summed E-state index contributed by atoms with van der Waals surface area (Å²) in [5, 5.41) is 11.5. The number of hydrogen-bond donors (Lipinski definition) is 2. The molecule has 2 rings (SSSR count). The minimum Gasteiger partial charge on any atom is -0.480 e. The van der Waals surface area contributed by atoms with Crippen molar-refractivity contribution in [2.45, 2.75) is 32.7 Å². The molecule has 0 aliphatic carbocycles. The van der Waals surface area contributed by atoms with Crippen molar-refractivity contribution < 1.29 is 19.5 Å². The van der Waals surface area contributed by atoms with E-state index in [0.717, 1.165) is 11.1 Å². The van der Waals surface area contributed by atoms with E-state index in [-0.39, 0.29) is 12.2 Å². The Bertz CT molecular complexity index is 789. The van der Waals surface area contributed by atoms with Gasteiger partial charge in [0.1, 0.15) is 6.04 Å². The smallest absolute Gasteiger partial charge is 0.325 e. The van der Waals surface area contributed by atoms with E-state index in [1.54, 1.807) is 12.1 Å². The first kappa shape index (κ1) is 19.3. The van der Waals surface area contributed by atoms with Gasteiger partial charge in [-0.2, -0.15) is 0 Å². The lowest BCUT2D eigenvalue weighted by molar-refractivity contribution is -0.141. The molecule has 2 atom stereocenters. The van der Waals surface area contributed by atoms with E-state index >= 15 is 0 Å². The first-order valence-corrected chi connectivity index (χ1v) is 8.39. The highest BCUT2D eigenvalue weighted by atomic mass is 16.4. The van der Waals surface area contributed by atoms with Crippen molar-refractivity contribution in [2.75, 3.05) is 0 Å². The van der Waals surface area contributed by atoms with E-state index < -0.39 is 23.8 Å². The van der Waals surface area contributed by atoms with Crippen LogP contribution in [0.25, 0.3) is 0 Å². The molecule has 0 bridgehead atoms. The van der Waals surface area contributed by atoms with Crippen LogP contribution in [0, 0.1) is 12.8 Å². The van der Waals surface area contributed by atoms with Crippen LogP contribution >= 0.6 is 0 Å². The molecule has 1 aromatic heterocycles. The molecule has 2 N–H and O–H groups in total. The third-order valence-electron chi connectivity index (χ3n) is 4.26. The Balaban J connectivity index is 2.20. The van der Waals surface area contributed by atoms with Crippen LogP contribution in [0.2, 0.25) is 0 Å². The van der Waals surface area contributed by atoms with Gasteiger partial charge < -0.3 is 10.4 Å². The monoisotopic (exact) mass is 354 g/mol. The summed E-state index contributed by atoms with van der Waals surface area (Å²) in [6.07, 6.45) is 3.41. The number of pyridine rings is 1. The number of amides is 1. The summed E-state index contributed by atoms with van der Waals surface area (Å²) < 4.78 is 0. The lowest BCUT2D eigenvalue weighted by Crippen LogP contribution is -2.42. The number of ketones is 1. The fourth-order valence-electron chi connectivity index (χ4n) is 2.63. The maximum absolute atomic E-state index is 12.6. The molecule has 0 saturated heterocycles. The summed E-state index contributed by atoms with van der Waals surface area (Å²) in [6.45, 7) is 3.34. The maximum Gasteiger partial charge on any atom is 0.325 e. The van der Waals surface area contributed by atoms with E-state index in [9.17, 15) is 14.4 Å². The van der Waals surface area contributed by atoms with Crippen LogP contribution in [0.5, 0.6) is 0 Å². The lowest BCUT2D eigenvalue weighted by atomic mass is 9.89. The molecular formula is C20H22N2O4. The predicted octanol–water partition coefficient (Wildman–Crippen LogP) is 2.41. The molecule has 6 heteroatoms. The zero-order valence-electron chi connectivity index (χ0n) is 14.8. The average Bonchev–Trinajstić information content (AvgIpc) is 2.63. The minimum absolute atomic E-state index is 0.00345. The van der Waals surface area contributed by atoms with Crippen molar-refractivity contribution in [1.29, 1.82) is 0 Å². The molecule has 1 aromatic carbocycles. The molecule has 0 aliphatic rings. The number of nitrogens with one attached hydrogen (secondary N) is 1. The number of aryl methyl sites for hydroxylation is 1. The van der Waals surface area contributed by atoms with Gasteiger partial charge in [-0.25, -0.2) is 0 Å². The largest absolute Gasteiger partial charge is 0.480 e. The van der Waals surface area contributed by atoms with Crippen LogP contribution in [0.3, 0.4) is 0 Å². The molecule has 0 radical (unpaired) electrons. The summed E-state index contributed by atoms with van der Waals surface area (Å²) in [4.78, 5) is 40.0. The number of carboxylic acid groups (broad SMARTS) is 1. The molecule has 26 heavy (non-hydrogen) atoms. The second kappa shape index (κ2) is 8.89. The number of nitrogens with zero attached hydrogens (tertiary/aromatic N) is 1. The Morgan fingerprint density at radius 1 is 1.12 bits per heavy atom. The Labute approximate surface area is 152 Å². The highest BCUT2D eigenvalue weighted by Crippen LogP contribution is 2.19. The maximum atomic E-state index is 12.6. The normalized spacial score (nSPS) is 12.8. The van der Waals surface area contributed by atoms with Gasteiger partial charge in [0, 0.05) is 30.3 Å². The van der Waals surface area contributed by atoms with Crippen molar-refractivity contribution in [1.82, 2.24) is 10.3 Å². The molecule has 1 amide bonds. The number of aromatic nitrogens is 1. The number of rotatable bonds is 8. The van der Waals surface area contributed by atoms with E-state index in [1.807, 2.05) is 31.2 Å². The van der Waals surface area contributed by atoms with Gasteiger partial charge in [0.15, 0.2) is 5.78 Å². The number of aliphatic carboxylic acids is 1. The molecule has 0 fully saturated rings. The molecule has 0 unspecified atom stereocenters. The summed E-state index contributed by atoms with van der Waals surface area (Å²) in [5.74, 6) is -2.39. The molecule has 0 aliphatic heterocycles. The number of carbonyl (C=O) groups excluding carboxylic acids is 2. The second-order valence-corrected chi connectivity index (χ2v) is 6.26. The SMILES string of the molecule is Cc1ccccc1C[C@H](CC(=O)c1ccncc1)C(=O)N[C@@H](C)C(=O)O. The number of hydrogen-bond acceptors (Lipinski definition) is 4. The van der Waals surface area contributed by atoms with E-state index in [0.29, 0.717) is 12.0 Å². The average molecular weight is 354 g/mol. The zero-order chi connectivity index (χ0) is 19.1. The van der Waals surface area contributed by atoms with Gasteiger partial charge in [-0.05, 0) is 43.5 Å². The van der Waals surface area contributed by atoms with E-state index in [4.69, 9.17) is 5.11 Å². The predicted molar refractivity (Wildman–Crippen MR) is 96.8 cm³/mol. The Morgan fingerprint density at radius 2 is 1.77 bits per heavy atom. The van der Waals surface area contributed by atoms with Crippen molar-refractivity contribution >= 4 is 17.7 Å². The van der Waals surface area contributed by atoms with Crippen LogP contribution in [-0.4, -0.2) is 33.8 Å². The Kier molecular flexibility index (Phi) is 6.60. The minimum atomic E-state index is -1.12. The van der Waals surface area contributed by atoms with Gasteiger partial charge in [0.05, 0.1) is 0 Å². The van der Waals surface area contributed by atoms with Gasteiger partial charge in [-0.3, -0.25) is 19.4 Å². The standard InChI is InChI=1S/C20H22N2O4/c1-13-5-3-4-6-16(13)11-17(19(24)22-14(2)20(25)26)12-18(23)15-7-9-21-10-8-15/h3-10,14,17H,11-12H2,1-2H3,(H,22,24)(H,25,26)/t14-,17+/m0/s1. The van der Waals surface area contributed by atoms with Crippen LogP contribution in [0.4, 0.5) is 0 Å². The molecular weight excluding hydrogens is 332 g/mol. The molecule has 2 aromatic rings. The third kappa shape index (κ3) is 5.24. The van der Waals surface area contributed by atoms with Crippen LogP contribution < -0.4 is 5.32 Å². The van der Waals surface area contributed by atoms with E-state index in [2.05, 4.69) is 10.3 Å². The summed E-state index contributed by atoms with van der Waals surface area (Å²) in [6, 6.07) is 9.82. The number of carboxylic acids is 1. The fourth-order valence-corrected chi connectivity index (χ4v) is 2.63. The third-order valence-corrected chi connectivity index (χ3v) is 4.26. The van der Waals surface area contributed by atoms with Gasteiger partial charge in [0.2, 0.25) is 5.91 Å². The number of benzene rings is 1. The van der Waals surface area contributed by atoms with Gasteiger partial charge in [0.25, 0.3) is 0 Å². The van der Waals surface area contributed by atoms with Crippen LogP contribution in [0.15, 0.2) is 48.8 Å². The Morgan fingerprint density at radius 3 is 2.38 bits per heavy atom. The van der Waals surface area contributed by atoms with Gasteiger partial charge in [-0.1, -0.05) is 24.3 Å². The quantitative estimate of drug-likeness (QED) is 0.710. The van der Waals surface area contributed by atoms with Crippen molar-refractivity contribution in [3.8, 4) is 0 Å². The Hall–Kier alpha value is -3.02. The molecule has 1 heterocycles. The lowest BCUT2D eigenvalue weighted by Gasteiger charge is -2.19. The van der Waals surface area contributed by atoms with Gasteiger partial charge >= 0.3 is 5.97 Å². The summed E-state index contributed by atoms with van der Waals surface area (Å²) in [5.41, 5.74) is 2.46. The van der Waals surface area contributed by atoms with Gasteiger partial charge in [-0.15, -0.1) is 0 Å². The fraction of sp³-hybridized carbons (Fsp3) is 0.300. The first-order valence-electron chi connectivity index (χ1n) is 8.39. The first-order chi connectivity index (χ1) is 12.4. The van der Waals surface area contributed by atoms with Crippen LogP contribution in [0.1, 0.15) is 34.8 Å². The molecule has 0 spiro atoms. The van der Waals surface area contributed by atoms with Crippen molar-refractivity contribution in [3.63, 3.8) is 0 Å².